The minimum atomic E-state index is -0.826. The standard InChI is InChI=1S/C17H20FOP.2ClH.Zr/c1-11-9-12(17(2,3)4)10-15(16(11)19)20-14-8-6-5-7-13(14)18;;;/h5-10,19-20H,1-4H3;2*1H;/q;;;+2/p-2. The minimum absolute atomic E-state index is 0.00687. The molecule has 6 heteroatoms. The number of hydrogen-bond acceptors (Lipinski definition) is 1. The van der Waals surface area contributed by atoms with Crippen molar-refractivity contribution in [3.8, 4) is 5.75 Å². The van der Waals surface area contributed by atoms with Gasteiger partial charge in [-0.05, 0) is 35.6 Å². The molecule has 0 heterocycles. The number of aromatic hydroxyl groups is 1. The quantitative estimate of drug-likeness (QED) is 0.626. The van der Waals surface area contributed by atoms with E-state index in [0.29, 0.717) is 5.30 Å². The van der Waals surface area contributed by atoms with Crippen LogP contribution < -0.4 is 10.6 Å². The SMILES string of the molecule is Cc1cc(C(C)(C)C)cc(Pc2ccccc2F)c1O.[Cl][Zr][Cl]. The third-order valence-corrected chi connectivity index (χ3v) is 4.64. The van der Waals surface area contributed by atoms with E-state index in [-0.39, 0.29) is 25.6 Å². The van der Waals surface area contributed by atoms with Crippen LogP contribution in [0.4, 0.5) is 4.39 Å². The summed E-state index contributed by atoms with van der Waals surface area (Å²) < 4.78 is 13.8. The Labute approximate surface area is 158 Å². The Morgan fingerprint density at radius 1 is 1.09 bits per heavy atom. The molecule has 2 aromatic rings. The second-order valence-electron chi connectivity index (χ2n) is 6.12. The van der Waals surface area contributed by atoms with E-state index in [1.807, 2.05) is 25.1 Å². The molecule has 0 aliphatic carbocycles. The molecule has 0 aliphatic heterocycles. The first kappa shape index (κ1) is 21.1. The molecular formula is C17H20Cl2FOPZr. The van der Waals surface area contributed by atoms with Gasteiger partial charge < -0.3 is 5.11 Å². The van der Waals surface area contributed by atoms with Crippen LogP contribution in [0.1, 0.15) is 31.9 Å². The Morgan fingerprint density at radius 2 is 1.65 bits per heavy atom. The van der Waals surface area contributed by atoms with Crippen molar-refractivity contribution in [1.29, 1.82) is 0 Å². The number of aryl methyl sites for hydroxylation is 1. The summed E-state index contributed by atoms with van der Waals surface area (Å²) in [6.45, 7) is 8.29. The van der Waals surface area contributed by atoms with Crippen LogP contribution in [-0.4, -0.2) is 5.11 Å². The van der Waals surface area contributed by atoms with Gasteiger partial charge in [-0.25, -0.2) is 4.39 Å². The molecular weight excluding hydrogens is 432 g/mol. The summed E-state index contributed by atoms with van der Waals surface area (Å²) in [6.07, 6.45) is 0. The summed E-state index contributed by atoms with van der Waals surface area (Å²) in [6, 6.07) is 10.7. The summed E-state index contributed by atoms with van der Waals surface area (Å²) in [7, 11) is 9.99. The van der Waals surface area contributed by atoms with Crippen LogP contribution in [-0.2, 0) is 26.3 Å². The van der Waals surface area contributed by atoms with E-state index >= 15 is 0 Å². The molecule has 1 unspecified atom stereocenters. The molecule has 0 saturated carbocycles. The van der Waals surface area contributed by atoms with Crippen molar-refractivity contribution in [2.45, 2.75) is 33.1 Å². The molecule has 1 N–H and O–H groups in total. The van der Waals surface area contributed by atoms with Crippen molar-refractivity contribution in [1.82, 2.24) is 0 Å². The summed E-state index contributed by atoms with van der Waals surface area (Å²) in [5, 5.41) is 11.7. The van der Waals surface area contributed by atoms with E-state index in [1.165, 1.54) is 6.07 Å². The van der Waals surface area contributed by atoms with Crippen molar-refractivity contribution in [2.24, 2.45) is 0 Å². The van der Waals surface area contributed by atoms with Crippen molar-refractivity contribution in [2.75, 3.05) is 0 Å². The van der Waals surface area contributed by atoms with E-state index in [0.717, 1.165) is 16.4 Å². The first-order valence-corrected chi connectivity index (χ1v) is 14.4. The number of rotatable bonds is 2. The van der Waals surface area contributed by atoms with E-state index < -0.39 is 20.8 Å². The maximum absolute atomic E-state index is 13.8. The van der Waals surface area contributed by atoms with Crippen molar-refractivity contribution < 1.29 is 30.3 Å². The van der Waals surface area contributed by atoms with Crippen LogP contribution in [0.2, 0.25) is 0 Å². The molecule has 1 nitrogen and oxygen atoms in total. The van der Waals surface area contributed by atoms with Crippen molar-refractivity contribution in [3.63, 3.8) is 0 Å². The number of benzene rings is 2. The van der Waals surface area contributed by atoms with Gasteiger partial charge in [-0.1, -0.05) is 53.6 Å². The molecule has 0 radical (unpaired) electrons. The van der Waals surface area contributed by atoms with Gasteiger partial charge in [0.25, 0.3) is 0 Å². The zero-order chi connectivity index (χ0) is 17.6. The van der Waals surface area contributed by atoms with Gasteiger partial charge in [0.2, 0.25) is 0 Å². The zero-order valence-corrected chi connectivity index (χ0v) is 18.5. The van der Waals surface area contributed by atoms with Gasteiger partial charge in [0.15, 0.2) is 0 Å². The van der Waals surface area contributed by atoms with Crippen LogP contribution in [0, 0.1) is 12.7 Å². The van der Waals surface area contributed by atoms with Crippen LogP contribution >= 0.6 is 25.6 Å². The van der Waals surface area contributed by atoms with Gasteiger partial charge >= 0.3 is 37.9 Å². The second kappa shape index (κ2) is 9.52. The number of halogens is 3. The molecule has 0 aromatic heterocycles. The van der Waals surface area contributed by atoms with Crippen molar-refractivity contribution >= 4 is 36.2 Å². The van der Waals surface area contributed by atoms with Crippen LogP contribution in [0.15, 0.2) is 36.4 Å². The maximum atomic E-state index is 13.8. The Hall–Kier alpha value is 0.0631. The van der Waals surface area contributed by atoms with Gasteiger partial charge in [0.05, 0.1) is 0 Å². The van der Waals surface area contributed by atoms with Crippen LogP contribution in [0.25, 0.3) is 0 Å². The van der Waals surface area contributed by atoms with Crippen molar-refractivity contribution in [3.05, 3.63) is 53.3 Å². The summed E-state index contributed by atoms with van der Waals surface area (Å²) in [4.78, 5) is 0. The van der Waals surface area contributed by atoms with Crippen LogP contribution in [0.3, 0.4) is 0 Å². The fourth-order valence-electron chi connectivity index (χ4n) is 2.02. The third kappa shape index (κ3) is 6.47. The number of hydrogen-bond donors (Lipinski definition) is 1. The van der Waals surface area contributed by atoms with E-state index in [2.05, 4.69) is 20.8 Å². The average molecular weight is 452 g/mol. The molecule has 2 aromatic carbocycles. The monoisotopic (exact) mass is 450 g/mol. The topological polar surface area (TPSA) is 20.2 Å². The fourth-order valence-corrected chi connectivity index (χ4v) is 3.23. The molecule has 1 atom stereocenters. The third-order valence-electron chi connectivity index (χ3n) is 3.31. The molecule has 0 amide bonds. The van der Waals surface area contributed by atoms with Gasteiger partial charge in [-0.2, -0.15) is 0 Å². The molecule has 2 rings (SSSR count). The Kier molecular flexibility index (Phi) is 8.74. The number of phenols is 1. The average Bonchev–Trinajstić information content (AvgIpc) is 2.45. The summed E-state index contributed by atoms with van der Waals surface area (Å²) in [5.74, 6) is 0.0589. The summed E-state index contributed by atoms with van der Waals surface area (Å²) >= 11 is -0.826. The molecule has 0 bridgehead atoms. The fraction of sp³-hybridized carbons (Fsp3) is 0.294. The first-order valence-electron chi connectivity index (χ1n) is 7.02. The first-order chi connectivity index (χ1) is 10.7. The van der Waals surface area contributed by atoms with Gasteiger partial charge in [0.1, 0.15) is 11.6 Å². The Balaban J connectivity index is 0.000000816. The molecule has 0 saturated heterocycles. The van der Waals surface area contributed by atoms with E-state index in [9.17, 15) is 9.50 Å². The normalized spacial score (nSPS) is 11.3. The summed E-state index contributed by atoms with van der Waals surface area (Å²) in [5.41, 5.74) is 2.01. The second-order valence-corrected chi connectivity index (χ2v) is 11.2. The molecule has 0 aliphatic rings. The molecule has 0 spiro atoms. The van der Waals surface area contributed by atoms with E-state index in [1.54, 1.807) is 12.1 Å². The van der Waals surface area contributed by atoms with Gasteiger partial charge in [-0.15, -0.1) is 0 Å². The molecule has 124 valence electrons. The van der Waals surface area contributed by atoms with Gasteiger partial charge in [-0.3, -0.25) is 0 Å². The molecule has 0 fully saturated rings. The zero-order valence-electron chi connectivity index (χ0n) is 13.5. The predicted octanol–water partition coefficient (Wildman–Crippen LogP) is 5.14. The number of phenolic OH excluding ortho intramolecular Hbond substituents is 1. The predicted molar refractivity (Wildman–Crippen MR) is 97.2 cm³/mol. The van der Waals surface area contributed by atoms with E-state index in [4.69, 9.17) is 17.0 Å². The van der Waals surface area contributed by atoms with Gasteiger partial charge in [0, 0.05) is 10.6 Å². The Morgan fingerprint density at radius 3 is 2.17 bits per heavy atom. The van der Waals surface area contributed by atoms with Crippen LogP contribution in [0.5, 0.6) is 5.75 Å². The Bertz CT molecular complexity index is 660. The molecule has 23 heavy (non-hydrogen) atoms.